The minimum Gasteiger partial charge on any atom is -0.383 e. The minimum atomic E-state index is -0.461. The quantitative estimate of drug-likeness (QED) is 0.0472. The van der Waals surface area contributed by atoms with Gasteiger partial charge in [-0.1, -0.05) is 143 Å². The highest BCUT2D eigenvalue weighted by molar-refractivity contribution is 6.32. The normalized spacial score (nSPS) is 10.9. The van der Waals surface area contributed by atoms with Crippen LogP contribution in [0.3, 0.4) is 0 Å². The number of rotatable bonds is 16. The lowest BCUT2D eigenvalue weighted by molar-refractivity contribution is 0.628. The number of fused-ring (bicyclic) bond motifs is 5. The van der Waals surface area contributed by atoms with Crippen LogP contribution in [0.4, 0.5) is 71.2 Å². The van der Waals surface area contributed by atoms with Gasteiger partial charge in [0.25, 0.3) is 0 Å². The maximum absolute atomic E-state index is 13.7. The molecule has 23 rings (SSSR count). The zero-order valence-corrected chi connectivity index (χ0v) is 79.2. The van der Waals surface area contributed by atoms with Gasteiger partial charge in [-0.3, -0.25) is 39.9 Å². The number of aromatic nitrogens is 18. The Labute approximate surface area is 841 Å². The average molecular weight is 1970 g/mol. The molecular weight excluding hydrogens is 1890 g/mol. The second kappa shape index (κ2) is 42.9. The summed E-state index contributed by atoms with van der Waals surface area (Å²) >= 11 is 24.2. The molecule has 13 aromatic heterocycles. The first kappa shape index (κ1) is 94.6. The summed E-state index contributed by atoms with van der Waals surface area (Å²) in [5.74, 6) is 1.75. The largest absolute Gasteiger partial charge is 0.383 e. The van der Waals surface area contributed by atoms with Gasteiger partial charge in [-0.25, -0.2) is 53.0 Å². The molecule has 0 amide bonds. The molecule has 23 aromatic rings. The number of nitrogen functional groups attached to an aromatic ring is 4. The third-order valence-electron chi connectivity index (χ3n) is 23.0. The molecule has 0 unspecified atom stereocenters. The first-order valence-electron chi connectivity index (χ1n) is 44.6. The minimum absolute atomic E-state index is 0.0592. The summed E-state index contributed by atoms with van der Waals surface area (Å²) in [5, 5.41) is 14.9. The fraction of sp³-hybridized carbons (Fsp3) is 0.0179. The SMILES string of the molecule is Cc1ccc(Nc2ncnc3ccc(-c4cccnc4-c4ccc(F)c(Cl)c4)cc23)cn1.Cc1cccc(-c2ncccc2-c2ccc3c(N)nc(N)nc3c2)c1.Fc1ccc(-c2ncccc2-c2ccc3ncnc(Nc4cccnc4)c3c2)cc1Cl.Fc1ccc(-c2ncccc2-c2ccc3ncnc(Nc4ccncc4)c3c2)cc1Cl.Nc1nc(N)c2ccc(-c3cccnc3-c3cccc(Cl)c3)cc2n1. The van der Waals surface area contributed by atoms with Crippen LogP contribution in [0.5, 0.6) is 0 Å². The number of nitrogens with one attached hydrogen (secondary N) is 3. The van der Waals surface area contributed by atoms with Crippen molar-refractivity contribution in [3.8, 4) is 112 Å². The molecule has 0 aliphatic heterocycles. The van der Waals surface area contributed by atoms with Crippen molar-refractivity contribution in [2.24, 2.45) is 0 Å². The number of hydrogen-bond acceptors (Lipinski definition) is 25. The second-order valence-electron chi connectivity index (χ2n) is 32.6. The van der Waals surface area contributed by atoms with E-state index < -0.39 is 17.5 Å². The fourth-order valence-corrected chi connectivity index (χ4v) is 16.9. The van der Waals surface area contributed by atoms with E-state index in [4.69, 9.17) is 69.3 Å². The van der Waals surface area contributed by atoms with E-state index in [1.807, 2.05) is 219 Å². The Hall–Kier alpha value is -18.4. The molecular formula is C112H78Cl4F3N25. The predicted molar refractivity (Wildman–Crippen MR) is 571 cm³/mol. The molecule has 0 fully saturated rings. The monoisotopic (exact) mass is 1970 g/mol. The average Bonchev–Trinajstić information content (AvgIpc) is 0.798. The summed E-state index contributed by atoms with van der Waals surface area (Å²) < 4.78 is 41.0. The van der Waals surface area contributed by atoms with Crippen LogP contribution in [0.25, 0.3) is 166 Å². The van der Waals surface area contributed by atoms with Crippen molar-refractivity contribution in [3.63, 3.8) is 0 Å². The first-order valence-corrected chi connectivity index (χ1v) is 46.1. The predicted octanol–water partition coefficient (Wildman–Crippen LogP) is 27.2. The standard InChI is InChI=1S/C25H17ClFN5.2C24H15ClFN5.C20H17N5.C19H14ClN5/c1-15-4-7-18(13-29-15)32-25-20-11-16(6-9-23(20)30-14-31-25)19-3-2-10-28-24(19)17-5-8-22(27)21(26)12-17;25-20-12-16(5-7-21(20)26)23-18(4-2-10-28-23)15-6-8-22-19(11-15)24(30-14-29-22)31-17-3-1-9-27-13-17;25-20-13-16(3-5-21(20)26)23-18(2-1-9-28-23)15-4-6-22-19(12-15)24(30-14-29-22)31-17-7-10-27-11-8-17;1-12-4-2-5-14(10-12)18-15(6-3-9-23-18)13-7-8-16-17(11-13)24-20(22)25-19(16)21;20-13-4-1-3-12(9-13)17-14(5-2-8-23-17)11-6-7-15-16(10-11)24-19(22)25-18(15)21/h2-14H,1H3,(H,30,31,32);1-14H,(H,29,30,31);1-14H,(H,27,29,30,31);2-11H,1H3,(H4,21,22,24,25);1-10H,(H4,21,22,24,25). The third-order valence-corrected chi connectivity index (χ3v) is 24.1. The van der Waals surface area contributed by atoms with Gasteiger partial charge in [-0.05, 0) is 242 Å². The Morgan fingerprint density at radius 3 is 0.986 bits per heavy atom. The van der Waals surface area contributed by atoms with Gasteiger partial charge in [0.1, 0.15) is 65.5 Å². The van der Waals surface area contributed by atoms with Crippen LogP contribution in [0.2, 0.25) is 20.1 Å². The molecule has 32 heteroatoms. The fourth-order valence-electron chi connectivity index (χ4n) is 16.2. The molecule has 0 aliphatic carbocycles. The van der Waals surface area contributed by atoms with Crippen molar-refractivity contribution in [2.75, 3.05) is 38.9 Å². The summed E-state index contributed by atoms with van der Waals surface area (Å²) in [6, 6.07) is 90.1. The Kier molecular flexibility index (Phi) is 28.2. The molecule has 13 heterocycles. The molecule has 0 saturated heterocycles. The number of pyridine rings is 8. The molecule has 0 atom stereocenters. The van der Waals surface area contributed by atoms with Crippen molar-refractivity contribution in [1.29, 1.82) is 0 Å². The topological polar surface area (TPSA) is 372 Å². The lowest BCUT2D eigenvalue weighted by atomic mass is 9.97. The highest BCUT2D eigenvalue weighted by Crippen LogP contribution is 2.42. The smallest absolute Gasteiger partial charge is 0.222 e. The molecule has 0 spiro atoms. The number of nitrogens with two attached hydrogens (primary N) is 4. The highest BCUT2D eigenvalue weighted by atomic mass is 35.5. The van der Waals surface area contributed by atoms with Gasteiger partial charge in [0.15, 0.2) is 0 Å². The van der Waals surface area contributed by atoms with Crippen molar-refractivity contribution in [3.05, 3.63) is 421 Å². The van der Waals surface area contributed by atoms with Gasteiger partial charge < -0.3 is 38.9 Å². The van der Waals surface area contributed by atoms with E-state index in [-0.39, 0.29) is 27.0 Å². The number of hydrogen-bond donors (Lipinski definition) is 7. The van der Waals surface area contributed by atoms with Gasteiger partial charge in [0, 0.05) is 149 Å². The van der Waals surface area contributed by atoms with Crippen LogP contribution in [-0.2, 0) is 0 Å². The van der Waals surface area contributed by atoms with E-state index in [0.29, 0.717) is 56.7 Å². The van der Waals surface area contributed by atoms with Gasteiger partial charge in [-0.15, -0.1) is 0 Å². The molecule has 144 heavy (non-hydrogen) atoms. The van der Waals surface area contributed by atoms with Crippen LogP contribution < -0.4 is 38.9 Å². The lowest BCUT2D eigenvalue weighted by Gasteiger charge is -2.12. The van der Waals surface area contributed by atoms with Crippen molar-refractivity contribution < 1.29 is 13.2 Å². The molecule has 0 saturated carbocycles. The van der Waals surface area contributed by atoms with E-state index in [1.165, 1.54) is 42.7 Å². The lowest BCUT2D eigenvalue weighted by Crippen LogP contribution is -2.00. The van der Waals surface area contributed by atoms with Crippen molar-refractivity contribution >= 4 is 159 Å². The summed E-state index contributed by atoms with van der Waals surface area (Å²) in [7, 11) is 0. The number of benzene rings is 10. The van der Waals surface area contributed by atoms with Gasteiger partial charge >= 0.3 is 0 Å². The Morgan fingerprint density at radius 1 is 0.250 bits per heavy atom. The van der Waals surface area contributed by atoms with Gasteiger partial charge in [0.2, 0.25) is 11.9 Å². The van der Waals surface area contributed by atoms with Crippen molar-refractivity contribution in [1.82, 2.24) is 89.7 Å². The Bertz CT molecular complexity index is 8340. The van der Waals surface area contributed by atoms with Crippen LogP contribution in [0, 0.1) is 31.3 Å². The zero-order valence-electron chi connectivity index (χ0n) is 76.2. The van der Waals surface area contributed by atoms with E-state index in [0.717, 1.165) is 167 Å². The van der Waals surface area contributed by atoms with E-state index in [2.05, 4.69) is 137 Å². The van der Waals surface area contributed by atoms with E-state index >= 15 is 0 Å². The maximum atomic E-state index is 13.7. The number of nitrogens with zero attached hydrogens (tertiary/aromatic N) is 18. The number of halogens is 7. The third kappa shape index (κ3) is 21.7. The summed E-state index contributed by atoms with van der Waals surface area (Å²) in [6.45, 7) is 4.01. The van der Waals surface area contributed by atoms with E-state index in [1.54, 1.807) is 98.4 Å². The second-order valence-corrected chi connectivity index (χ2v) is 34.2. The number of anilines is 10. The molecule has 0 aliphatic rings. The molecule has 700 valence electrons. The first-order chi connectivity index (χ1) is 70.2. The summed E-state index contributed by atoms with van der Waals surface area (Å²) in [5.41, 5.74) is 49.5. The van der Waals surface area contributed by atoms with Crippen molar-refractivity contribution in [2.45, 2.75) is 13.8 Å². The Morgan fingerprint density at radius 2 is 0.611 bits per heavy atom. The zero-order chi connectivity index (χ0) is 99.3. The highest BCUT2D eigenvalue weighted by Gasteiger charge is 2.21. The molecule has 0 radical (unpaired) electrons. The molecule has 0 bridgehead atoms. The van der Waals surface area contributed by atoms with Crippen LogP contribution in [-0.4, -0.2) is 89.7 Å². The molecule has 25 nitrogen and oxygen atoms in total. The van der Waals surface area contributed by atoms with E-state index in [9.17, 15) is 13.2 Å². The molecule has 11 N–H and O–H groups in total. The maximum Gasteiger partial charge on any atom is 0.222 e. The summed E-state index contributed by atoms with van der Waals surface area (Å²) in [4.78, 5) is 78.3. The number of aryl methyl sites for hydroxylation is 2. The van der Waals surface area contributed by atoms with Crippen LogP contribution in [0.1, 0.15) is 11.3 Å². The van der Waals surface area contributed by atoms with Crippen LogP contribution in [0.15, 0.2) is 372 Å². The summed E-state index contributed by atoms with van der Waals surface area (Å²) in [6.07, 6.45) is 21.9. The Balaban J connectivity index is 0.000000114. The van der Waals surface area contributed by atoms with Gasteiger partial charge in [-0.2, -0.15) is 9.97 Å². The van der Waals surface area contributed by atoms with Crippen LogP contribution >= 0.6 is 46.4 Å². The van der Waals surface area contributed by atoms with Gasteiger partial charge in [0.05, 0.1) is 94.9 Å². The molecule has 10 aromatic carbocycles.